The fraction of sp³-hybridized carbons (Fsp3) is 0.273. The summed E-state index contributed by atoms with van der Waals surface area (Å²) in [5, 5.41) is 3.90. The zero-order valence-corrected chi connectivity index (χ0v) is 12.2. The van der Waals surface area contributed by atoms with E-state index in [1.807, 2.05) is 0 Å². The fourth-order valence-corrected chi connectivity index (χ4v) is 2.90. The molecule has 1 aromatic carbocycles. The Hall–Kier alpha value is -1.64. The van der Waals surface area contributed by atoms with Crippen LogP contribution in [0, 0.1) is 6.92 Å². The molecule has 1 aromatic heterocycles. The van der Waals surface area contributed by atoms with Gasteiger partial charge in [-0.05, 0) is 24.6 Å². The van der Waals surface area contributed by atoms with Gasteiger partial charge in [0.15, 0.2) is 5.82 Å². The number of rotatable bonds is 5. The van der Waals surface area contributed by atoms with Gasteiger partial charge in [0, 0.05) is 23.7 Å². The van der Waals surface area contributed by atoms with Gasteiger partial charge in [0.1, 0.15) is 0 Å². The molecule has 3 N–H and O–H groups in total. The fourth-order valence-electron chi connectivity index (χ4n) is 1.51. The SMILES string of the molecule is Cc1c(N)cc(S(=O)(=O)NCCc2ncon2)cc1Cl. The molecule has 0 atom stereocenters. The minimum absolute atomic E-state index is 0.0266. The van der Waals surface area contributed by atoms with Crippen molar-refractivity contribution in [2.45, 2.75) is 18.2 Å². The smallest absolute Gasteiger partial charge is 0.240 e. The third kappa shape index (κ3) is 3.27. The molecule has 2 aromatic rings. The van der Waals surface area contributed by atoms with Crippen molar-refractivity contribution in [1.82, 2.24) is 14.9 Å². The Kier molecular flexibility index (Phi) is 4.26. The number of nitrogens with one attached hydrogen (secondary N) is 1. The molecule has 0 aliphatic carbocycles. The monoisotopic (exact) mass is 316 g/mol. The molecule has 0 radical (unpaired) electrons. The number of hydrogen-bond donors (Lipinski definition) is 2. The van der Waals surface area contributed by atoms with Crippen molar-refractivity contribution < 1.29 is 12.9 Å². The van der Waals surface area contributed by atoms with E-state index >= 15 is 0 Å². The number of nitrogens with zero attached hydrogens (tertiary/aromatic N) is 2. The van der Waals surface area contributed by atoms with Crippen LogP contribution >= 0.6 is 11.6 Å². The summed E-state index contributed by atoms with van der Waals surface area (Å²) in [6.45, 7) is 1.87. The first kappa shape index (κ1) is 14.8. The second-order valence-corrected chi connectivity index (χ2v) is 6.29. The Morgan fingerprint density at radius 1 is 1.45 bits per heavy atom. The summed E-state index contributed by atoms with van der Waals surface area (Å²) in [5.41, 5.74) is 6.69. The van der Waals surface area contributed by atoms with Crippen LogP contribution in [-0.4, -0.2) is 25.1 Å². The second-order valence-electron chi connectivity index (χ2n) is 4.11. The van der Waals surface area contributed by atoms with Crippen LogP contribution in [0.3, 0.4) is 0 Å². The van der Waals surface area contributed by atoms with Gasteiger partial charge in [0.25, 0.3) is 0 Å². The maximum atomic E-state index is 12.1. The summed E-state index contributed by atoms with van der Waals surface area (Å²) in [6, 6.07) is 2.74. The highest BCUT2D eigenvalue weighted by molar-refractivity contribution is 7.89. The van der Waals surface area contributed by atoms with Gasteiger partial charge in [0.2, 0.25) is 16.4 Å². The van der Waals surface area contributed by atoms with Crippen LogP contribution in [0.1, 0.15) is 11.4 Å². The van der Waals surface area contributed by atoms with E-state index in [0.717, 1.165) is 0 Å². The van der Waals surface area contributed by atoms with Crippen molar-refractivity contribution in [3.8, 4) is 0 Å². The largest absolute Gasteiger partial charge is 0.398 e. The summed E-state index contributed by atoms with van der Waals surface area (Å²) in [7, 11) is -3.68. The lowest BCUT2D eigenvalue weighted by Crippen LogP contribution is -2.26. The highest BCUT2D eigenvalue weighted by Crippen LogP contribution is 2.25. The summed E-state index contributed by atoms with van der Waals surface area (Å²) in [6.07, 6.45) is 1.51. The standard InChI is InChI=1S/C11H13ClN4O3S/c1-7-9(12)4-8(5-10(7)13)20(17,18)15-3-2-11-14-6-19-16-11/h4-6,15H,2-3,13H2,1H3. The van der Waals surface area contributed by atoms with Crippen molar-refractivity contribution in [1.29, 1.82) is 0 Å². The number of halogens is 1. The van der Waals surface area contributed by atoms with Crippen molar-refractivity contribution in [3.05, 3.63) is 34.9 Å². The quantitative estimate of drug-likeness (QED) is 0.800. The maximum Gasteiger partial charge on any atom is 0.240 e. The molecular weight excluding hydrogens is 304 g/mol. The van der Waals surface area contributed by atoms with Gasteiger partial charge in [-0.3, -0.25) is 0 Å². The van der Waals surface area contributed by atoms with Crippen LogP contribution in [0.25, 0.3) is 0 Å². The highest BCUT2D eigenvalue weighted by Gasteiger charge is 2.16. The molecule has 2 rings (SSSR count). The molecule has 0 amide bonds. The Bertz CT molecular complexity index is 677. The van der Waals surface area contributed by atoms with Crippen LogP contribution in [0.15, 0.2) is 27.9 Å². The minimum Gasteiger partial charge on any atom is -0.398 e. The third-order valence-electron chi connectivity index (χ3n) is 2.72. The minimum atomic E-state index is -3.68. The normalized spacial score (nSPS) is 11.7. The molecule has 0 aliphatic rings. The number of aromatic nitrogens is 2. The van der Waals surface area contributed by atoms with Gasteiger partial charge in [-0.1, -0.05) is 16.8 Å². The van der Waals surface area contributed by atoms with Crippen LogP contribution in [0.2, 0.25) is 5.02 Å². The van der Waals surface area contributed by atoms with Gasteiger partial charge in [-0.25, -0.2) is 13.1 Å². The van der Waals surface area contributed by atoms with Crippen molar-refractivity contribution in [2.24, 2.45) is 0 Å². The summed E-state index contributed by atoms with van der Waals surface area (Å²) in [4.78, 5) is 3.82. The van der Waals surface area contributed by atoms with Crippen LogP contribution in [0.4, 0.5) is 5.69 Å². The molecule has 0 spiro atoms. The van der Waals surface area contributed by atoms with Gasteiger partial charge >= 0.3 is 0 Å². The molecule has 108 valence electrons. The predicted octanol–water partition coefficient (Wildman–Crippen LogP) is 1.13. The molecule has 0 aliphatic heterocycles. The molecule has 9 heteroatoms. The number of benzene rings is 1. The van der Waals surface area contributed by atoms with Gasteiger partial charge in [0.05, 0.1) is 4.90 Å². The van der Waals surface area contributed by atoms with Gasteiger partial charge in [-0.2, -0.15) is 4.98 Å². The maximum absolute atomic E-state index is 12.1. The first-order chi connectivity index (χ1) is 9.40. The Labute approximate surface area is 121 Å². The van der Waals surface area contributed by atoms with E-state index in [1.54, 1.807) is 6.92 Å². The van der Waals surface area contributed by atoms with E-state index in [2.05, 4.69) is 19.4 Å². The zero-order chi connectivity index (χ0) is 14.8. The van der Waals surface area contributed by atoms with Gasteiger partial charge in [-0.15, -0.1) is 0 Å². The van der Waals surface area contributed by atoms with Crippen LogP contribution in [-0.2, 0) is 16.4 Å². The number of hydrogen-bond acceptors (Lipinski definition) is 6. The Morgan fingerprint density at radius 2 is 2.20 bits per heavy atom. The predicted molar refractivity (Wildman–Crippen MR) is 73.8 cm³/mol. The lowest BCUT2D eigenvalue weighted by molar-refractivity contribution is 0.410. The first-order valence-corrected chi connectivity index (χ1v) is 7.57. The van der Waals surface area contributed by atoms with E-state index < -0.39 is 10.0 Å². The van der Waals surface area contributed by atoms with Crippen molar-refractivity contribution >= 4 is 27.3 Å². The molecule has 0 bridgehead atoms. The molecule has 7 nitrogen and oxygen atoms in total. The van der Waals surface area contributed by atoms with Crippen molar-refractivity contribution in [2.75, 3.05) is 12.3 Å². The van der Waals surface area contributed by atoms with E-state index in [0.29, 0.717) is 28.5 Å². The zero-order valence-electron chi connectivity index (χ0n) is 10.6. The number of sulfonamides is 1. The topological polar surface area (TPSA) is 111 Å². The first-order valence-electron chi connectivity index (χ1n) is 5.70. The lowest BCUT2D eigenvalue weighted by atomic mass is 10.2. The summed E-state index contributed by atoms with van der Waals surface area (Å²) < 4.78 is 31.2. The summed E-state index contributed by atoms with van der Waals surface area (Å²) in [5.74, 6) is 0.425. The van der Waals surface area contributed by atoms with Crippen LogP contribution in [0.5, 0.6) is 0 Å². The molecule has 20 heavy (non-hydrogen) atoms. The van der Waals surface area contributed by atoms with Crippen LogP contribution < -0.4 is 10.5 Å². The number of nitrogen functional groups attached to an aromatic ring is 1. The van der Waals surface area contributed by atoms with E-state index in [9.17, 15) is 8.42 Å². The summed E-state index contributed by atoms with van der Waals surface area (Å²) >= 11 is 5.94. The Morgan fingerprint density at radius 3 is 2.80 bits per heavy atom. The number of nitrogens with two attached hydrogens (primary N) is 1. The molecule has 0 fully saturated rings. The van der Waals surface area contributed by atoms with E-state index in [4.69, 9.17) is 17.3 Å². The molecule has 0 unspecified atom stereocenters. The van der Waals surface area contributed by atoms with Gasteiger partial charge < -0.3 is 10.3 Å². The average molecular weight is 317 g/mol. The van der Waals surface area contributed by atoms with E-state index in [-0.39, 0.29) is 11.4 Å². The Balaban J connectivity index is 2.10. The van der Waals surface area contributed by atoms with E-state index in [1.165, 1.54) is 18.5 Å². The molecule has 0 saturated heterocycles. The molecule has 1 heterocycles. The average Bonchev–Trinajstić information content (AvgIpc) is 2.88. The molecular formula is C11H13ClN4O3S. The molecule has 0 saturated carbocycles. The van der Waals surface area contributed by atoms with Crippen molar-refractivity contribution in [3.63, 3.8) is 0 Å². The lowest BCUT2D eigenvalue weighted by Gasteiger charge is -2.09. The highest BCUT2D eigenvalue weighted by atomic mass is 35.5. The number of anilines is 1. The third-order valence-corrected chi connectivity index (χ3v) is 4.55. The second kappa shape index (κ2) is 5.78.